The molecule has 37 heavy (non-hydrogen) atoms. The number of pyridine rings is 1. The number of benzene rings is 1. The number of ether oxygens (including phenoxy) is 2. The first-order chi connectivity index (χ1) is 18.1. The highest BCUT2D eigenvalue weighted by molar-refractivity contribution is 7.80. The number of aromatic nitrogens is 3. The molecule has 0 bridgehead atoms. The van der Waals surface area contributed by atoms with Crippen molar-refractivity contribution in [3.63, 3.8) is 0 Å². The van der Waals surface area contributed by atoms with Crippen LogP contribution in [0.2, 0.25) is 0 Å². The molecule has 3 aromatic rings. The number of piperazine rings is 1. The summed E-state index contributed by atoms with van der Waals surface area (Å²) in [6, 6.07) is 8.30. The van der Waals surface area contributed by atoms with Crippen LogP contribution >= 0.6 is 12.2 Å². The Morgan fingerprint density at radius 3 is 2.78 bits per heavy atom. The zero-order chi connectivity index (χ0) is 25.6. The first-order valence-corrected chi connectivity index (χ1v) is 13.4. The first-order valence-electron chi connectivity index (χ1n) is 13.0. The Kier molecular flexibility index (Phi) is 8.15. The van der Waals surface area contributed by atoms with Crippen molar-refractivity contribution in [2.45, 2.75) is 44.9 Å². The molecular weight excluding hydrogens is 486 g/mol. The predicted molar refractivity (Wildman–Crippen MR) is 149 cm³/mol. The lowest BCUT2D eigenvalue weighted by atomic mass is 10.0. The summed E-state index contributed by atoms with van der Waals surface area (Å²) in [5.41, 5.74) is 1.96. The van der Waals surface area contributed by atoms with Crippen LogP contribution in [-0.4, -0.2) is 76.9 Å². The molecule has 1 aromatic carbocycles. The Morgan fingerprint density at radius 2 is 2.05 bits per heavy atom. The van der Waals surface area contributed by atoms with Crippen molar-refractivity contribution in [2.75, 3.05) is 44.7 Å². The quantitative estimate of drug-likeness (QED) is 0.452. The summed E-state index contributed by atoms with van der Waals surface area (Å²) in [5.74, 6) is 2.32. The number of hydrogen-bond acceptors (Lipinski definition) is 8. The summed E-state index contributed by atoms with van der Waals surface area (Å²) in [5, 5.41) is 8.65. The van der Waals surface area contributed by atoms with E-state index in [0.717, 1.165) is 72.3 Å². The second kappa shape index (κ2) is 11.9. The molecule has 2 N–H and O–H groups in total. The first kappa shape index (κ1) is 25.4. The van der Waals surface area contributed by atoms with E-state index >= 15 is 0 Å². The number of nitrogens with one attached hydrogen (secondary N) is 2. The second-order valence-corrected chi connectivity index (χ2v) is 9.98. The maximum Gasteiger partial charge on any atom is 0.169 e. The van der Waals surface area contributed by atoms with Crippen LogP contribution in [0.5, 0.6) is 11.5 Å². The molecule has 9 nitrogen and oxygen atoms in total. The lowest BCUT2D eigenvalue weighted by molar-refractivity contribution is 0.148. The van der Waals surface area contributed by atoms with Gasteiger partial charge in [0.25, 0.3) is 0 Å². The van der Waals surface area contributed by atoms with Crippen molar-refractivity contribution < 1.29 is 9.47 Å². The molecule has 2 unspecified atom stereocenters. The van der Waals surface area contributed by atoms with Gasteiger partial charge in [-0.1, -0.05) is 12.5 Å². The summed E-state index contributed by atoms with van der Waals surface area (Å²) in [6.07, 6.45) is 8.88. The van der Waals surface area contributed by atoms with Gasteiger partial charge in [0.2, 0.25) is 0 Å². The third-order valence-corrected chi connectivity index (χ3v) is 7.56. The fraction of sp³-hybridized carbons (Fsp3) is 0.481. The van der Waals surface area contributed by atoms with Crippen molar-refractivity contribution in [1.29, 1.82) is 0 Å². The van der Waals surface area contributed by atoms with Crippen LogP contribution in [0, 0.1) is 0 Å². The van der Waals surface area contributed by atoms with E-state index in [-0.39, 0.29) is 6.10 Å². The topological polar surface area (TPSA) is 87.7 Å². The van der Waals surface area contributed by atoms with Gasteiger partial charge in [-0.05, 0) is 56.2 Å². The van der Waals surface area contributed by atoms with Crippen LogP contribution in [0.3, 0.4) is 0 Å². The molecule has 2 fully saturated rings. The maximum absolute atomic E-state index is 6.37. The largest absolute Gasteiger partial charge is 0.493 e. The number of nitrogens with zero attached hydrogens (tertiary/aromatic N) is 5. The van der Waals surface area contributed by atoms with Gasteiger partial charge >= 0.3 is 0 Å². The average molecular weight is 522 g/mol. The standard InChI is InChI=1S/C27H35N7O2S/c1-19(22-7-3-4-9-29-22)36-25-15-23-21(14-24(25)35-2)26(32-18-31-23)33-10-12-34(13-11-33)27(37)30-17-20-6-5-8-28-16-20/h5-6,8,14-16,18-19,22,29H,3-4,7,9-13,17H2,1-2H3,(H,30,37). The molecule has 2 saturated heterocycles. The van der Waals surface area contributed by atoms with Crippen LogP contribution in [-0.2, 0) is 6.54 Å². The van der Waals surface area contributed by atoms with Crippen molar-refractivity contribution in [3.8, 4) is 11.5 Å². The summed E-state index contributed by atoms with van der Waals surface area (Å²) >= 11 is 5.65. The molecule has 10 heteroatoms. The highest BCUT2D eigenvalue weighted by Gasteiger charge is 2.25. The Morgan fingerprint density at radius 1 is 1.19 bits per heavy atom. The van der Waals surface area contributed by atoms with Gasteiger partial charge in [-0.2, -0.15) is 0 Å². The van der Waals surface area contributed by atoms with E-state index in [1.807, 2.05) is 30.5 Å². The molecule has 0 radical (unpaired) electrons. The summed E-state index contributed by atoms with van der Waals surface area (Å²) in [6.45, 7) is 7.08. The minimum Gasteiger partial charge on any atom is -0.493 e. The fourth-order valence-corrected chi connectivity index (χ4v) is 5.28. The van der Waals surface area contributed by atoms with E-state index in [0.29, 0.717) is 18.3 Å². The van der Waals surface area contributed by atoms with E-state index in [1.165, 1.54) is 12.8 Å². The molecule has 0 amide bonds. The number of thiocarbonyl (C=S) groups is 1. The van der Waals surface area contributed by atoms with Crippen LogP contribution in [0.15, 0.2) is 43.0 Å². The lowest BCUT2D eigenvalue weighted by Gasteiger charge is -2.37. The Hall–Kier alpha value is -3.24. The van der Waals surface area contributed by atoms with E-state index < -0.39 is 0 Å². The highest BCUT2D eigenvalue weighted by Crippen LogP contribution is 2.36. The zero-order valence-electron chi connectivity index (χ0n) is 21.5. The fourth-order valence-electron chi connectivity index (χ4n) is 5.03. The minimum atomic E-state index is 0.0386. The second-order valence-electron chi connectivity index (χ2n) is 9.59. The average Bonchev–Trinajstić information content (AvgIpc) is 2.96. The number of methoxy groups -OCH3 is 1. The van der Waals surface area contributed by atoms with Crippen molar-refractivity contribution in [3.05, 3.63) is 48.5 Å². The molecule has 5 rings (SSSR count). The highest BCUT2D eigenvalue weighted by atomic mass is 32.1. The molecule has 2 aliphatic heterocycles. The molecule has 0 spiro atoms. The van der Waals surface area contributed by atoms with E-state index in [2.05, 4.69) is 42.3 Å². The van der Waals surface area contributed by atoms with E-state index in [9.17, 15) is 0 Å². The summed E-state index contributed by atoms with van der Waals surface area (Å²) < 4.78 is 12.1. The maximum atomic E-state index is 6.37. The summed E-state index contributed by atoms with van der Waals surface area (Å²) in [4.78, 5) is 17.9. The van der Waals surface area contributed by atoms with E-state index in [1.54, 1.807) is 19.6 Å². The van der Waals surface area contributed by atoms with Crippen molar-refractivity contribution >= 4 is 34.1 Å². The van der Waals surface area contributed by atoms with Gasteiger partial charge < -0.3 is 29.9 Å². The zero-order valence-corrected chi connectivity index (χ0v) is 22.3. The predicted octanol–water partition coefficient (Wildman–Crippen LogP) is 3.14. The van der Waals surface area contributed by atoms with Gasteiger partial charge in [0, 0.05) is 62.6 Å². The molecule has 0 saturated carbocycles. The normalized spacial score (nSPS) is 18.9. The lowest BCUT2D eigenvalue weighted by Crippen LogP contribution is -2.51. The van der Waals surface area contributed by atoms with Crippen LogP contribution < -0.4 is 25.0 Å². The van der Waals surface area contributed by atoms with Gasteiger partial charge in [0.1, 0.15) is 18.2 Å². The van der Waals surface area contributed by atoms with Gasteiger partial charge in [-0.3, -0.25) is 4.98 Å². The number of anilines is 1. The molecule has 2 aliphatic rings. The van der Waals surface area contributed by atoms with Crippen molar-refractivity contribution in [2.24, 2.45) is 0 Å². The molecule has 0 aliphatic carbocycles. The number of rotatable bonds is 7. The number of hydrogen-bond donors (Lipinski definition) is 2. The van der Waals surface area contributed by atoms with Crippen LogP contribution in [0.4, 0.5) is 5.82 Å². The van der Waals surface area contributed by atoms with Gasteiger partial charge in [0.15, 0.2) is 16.6 Å². The van der Waals surface area contributed by atoms with Crippen molar-refractivity contribution in [1.82, 2.24) is 30.5 Å². The van der Waals surface area contributed by atoms with Gasteiger partial charge in [0.05, 0.1) is 12.6 Å². The number of piperidine rings is 1. The Balaban J connectivity index is 1.26. The summed E-state index contributed by atoms with van der Waals surface area (Å²) in [7, 11) is 1.68. The van der Waals surface area contributed by atoms with Crippen LogP contribution in [0.25, 0.3) is 10.9 Å². The SMILES string of the molecule is COc1cc2c(N3CCN(C(=S)NCc4cccnc4)CC3)ncnc2cc1OC(C)C1CCCCN1. The smallest absolute Gasteiger partial charge is 0.169 e. The molecule has 196 valence electrons. The molecular formula is C27H35N7O2S. The van der Waals surface area contributed by atoms with Crippen LogP contribution in [0.1, 0.15) is 31.7 Å². The van der Waals surface area contributed by atoms with E-state index in [4.69, 9.17) is 21.7 Å². The number of fused-ring (bicyclic) bond motifs is 1. The van der Waals surface area contributed by atoms with Gasteiger partial charge in [-0.25, -0.2) is 9.97 Å². The third-order valence-electron chi connectivity index (χ3n) is 7.16. The Labute approximate surface area is 223 Å². The Bertz CT molecular complexity index is 1200. The van der Waals surface area contributed by atoms with Gasteiger partial charge in [-0.15, -0.1) is 0 Å². The molecule has 2 aromatic heterocycles. The monoisotopic (exact) mass is 521 g/mol. The minimum absolute atomic E-state index is 0.0386. The molecule has 2 atom stereocenters. The third kappa shape index (κ3) is 6.02. The molecule has 4 heterocycles.